The summed E-state index contributed by atoms with van der Waals surface area (Å²) in [5.74, 6) is 0. The summed E-state index contributed by atoms with van der Waals surface area (Å²) < 4.78 is 25.6. The fourth-order valence-corrected chi connectivity index (χ4v) is 2.49. The molecule has 5 N–H and O–H groups in total. The third kappa shape index (κ3) is 7.37. The van der Waals surface area contributed by atoms with E-state index in [0.29, 0.717) is 0 Å². The summed E-state index contributed by atoms with van der Waals surface area (Å²) in [7, 11) is 0. The number of ether oxygens (including phenoxy) is 5. The van der Waals surface area contributed by atoms with Gasteiger partial charge in [0.25, 0.3) is 0 Å². The fourth-order valence-electron chi connectivity index (χ4n) is 2.49. The number of hydrogen-bond acceptors (Lipinski definition) is 15. The Bertz CT molecular complexity index is 453. The normalized spacial score (nSPS) is 28.6. The van der Waals surface area contributed by atoms with Gasteiger partial charge in [0.05, 0.1) is 37.2 Å². The minimum Gasteiger partial charge on any atom is -0.432 e. The summed E-state index contributed by atoms with van der Waals surface area (Å²) in [4.78, 5) is 20.3. The Morgan fingerprint density at radius 2 is 1.78 bits per heavy atom. The molecule has 2 fully saturated rings. The van der Waals surface area contributed by atoms with Crippen molar-refractivity contribution in [2.45, 2.75) is 30.5 Å². The molecule has 5 atom stereocenters. The molecule has 15 nitrogen and oxygen atoms in total. The number of rotatable bonds is 11. The molecule has 0 aromatic carbocycles. The molecular formula is C12H22N2O13. The summed E-state index contributed by atoms with van der Waals surface area (Å²) >= 11 is 0. The largest absolute Gasteiger partial charge is 0.508 e. The van der Waals surface area contributed by atoms with Crippen LogP contribution in [-0.2, 0) is 33.4 Å². The van der Waals surface area contributed by atoms with Crippen molar-refractivity contribution in [1.82, 2.24) is 10.8 Å². The number of carbonyl (C=O) groups is 1. The second kappa shape index (κ2) is 11.0. The monoisotopic (exact) mass is 402 g/mol. The Balaban J connectivity index is 1.58. The van der Waals surface area contributed by atoms with Crippen molar-refractivity contribution in [2.24, 2.45) is 0 Å². The maximum atomic E-state index is 11.6. The molecule has 0 radical (unpaired) electrons. The number of hydrogen-bond donors (Lipinski definition) is 5. The lowest BCUT2D eigenvalue weighted by molar-refractivity contribution is -0.528. The lowest BCUT2D eigenvalue weighted by atomic mass is 10.1. The maximum Gasteiger partial charge on any atom is 0.508 e. The molecule has 0 aromatic heterocycles. The number of fused-ring (bicyclic) bond motifs is 1. The van der Waals surface area contributed by atoms with Gasteiger partial charge in [-0.2, -0.15) is 0 Å². The smallest absolute Gasteiger partial charge is 0.432 e. The average Bonchev–Trinajstić information content (AvgIpc) is 3.15. The van der Waals surface area contributed by atoms with Crippen molar-refractivity contribution >= 4 is 6.16 Å². The summed E-state index contributed by atoms with van der Waals surface area (Å²) in [5.41, 5.74) is 0. The standard InChI is InChI=1S/C12H22N2O13/c15-8-5-23-11-9(6-24-10(8)11)26-12(16)22-2-1-21-3-7(27-14(19)20)4-25-13(17)18/h7-11,15,17-20H,1-6H2/t7?,8-,9-,10-,11-/m1/s1. The van der Waals surface area contributed by atoms with Crippen LogP contribution in [0.15, 0.2) is 0 Å². The zero-order chi connectivity index (χ0) is 19.8. The van der Waals surface area contributed by atoms with Gasteiger partial charge in [-0.25, -0.2) is 14.5 Å². The van der Waals surface area contributed by atoms with Crippen LogP contribution < -0.4 is 0 Å². The van der Waals surface area contributed by atoms with Gasteiger partial charge >= 0.3 is 6.16 Å². The summed E-state index contributed by atoms with van der Waals surface area (Å²) in [6.07, 6.45) is -4.61. The van der Waals surface area contributed by atoms with Crippen molar-refractivity contribution in [1.29, 1.82) is 0 Å². The Morgan fingerprint density at radius 1 is 1.04 bits per heavy atom. The molecular weight excluding hydrogens is 380 g/mol. The second-order valence-electron chi connectivity index (χ2n) is 5.52. The molecule has 0 amide bonds. The van der Waals surface area contributed by atoms with E-state index in [2.05, 4.69) is 9.68 Å². The van der Waals surface area contributed by atoms with E-state index >= 15 is 0 Å². The molecule has 0 saturated carbocycles. The molecule has 15 heteroatoms. The van der Waals surface area contributed by atoms with Gasteiger partial charge in [-0.1, -0.05) is 0 Å². The minimum absolute atomic E-state index is 0.0859. The van der Waals surface area contributed by atoms with Crippen LogP contribution in [0, 0.1) is 0 Å². The van der Waals surface area contributed by atoms with Gasteiger partial charge in [-0.05, 0) is 0 Å². The molecule has 2 heterocycles. The Hall–Kier alpha value is -1.21. The van der Waals surface area contributed by atoms with Gasteiger partial charge in [-0.15, -0.1) is 0 Å². The van der Waals surface area contributed by atoms with Gasteiger partial charge < -0.3 is 28.8 Å². The minimum atomic E-state index is -1.12. The first-order chi connectivity index (χ1) is 12.9. The predicted octanol–water partition coefficient (Wildman–Crippen LogP) is -1.92. The van der Waals surface area contributed by atoms with Crippen molar-refractivity contribution in [3.8, 4) is 0 Å². The SMILES string of the molecule is O=C(OCCOCC(CON(O)O)ON(O)O)O[C@@H]1CO[C@H]2[C@@H]1OC[C@H]2O. The highest BCUT2D eigenvalue weighted by Crippen LogP contribution is 2.28. The van der Waals surface area contributed by atoms with E-state index in [9.17, 15) is 9.90 Å². The summed E-state index contributed by atoms with van der Waals surface area (Å²) in [6, 6.07) is 0. The quantitative estimate of drug-likeness (QED) is 0.146. The van der Waals surface area contributed by atoms with Crippen molar-refractivity contribution < 1.29 is 64.1 Å². The van der Waals surface area contributed by atoms with Crippen molar-refractivity contribution in [3.05, 3.63) is 0 Å². The maximum absolute atomic E-state index is 11.6. The molecule has 0 spiro atoms. The molecule has 1 unspecified atom stereocenters. The molecule has 2 aliphatic rings. The first-order valence-electron chi connectivity index (χ1n) is 7.84. The van der Waals surface area contributed by atoms with Gasteiger partial charge in [-0.3, -0.25) is 20.8 Å². The third-order valence-electron chi connectivity index (χ3n) is 3.60. The fraction of sp³-hybridized carbons (Fsp3) is 0.917. The molecule has 0 aliphatic carbocycles. The van der Waals surface area contributed by atoms with E-state index in [1.807, 2.05) is 0 Å². The van der Waals surface area contributed by atoms with Gasteiger partial charge in [0.15, 0.2) is 6.10 Å². The Morgan fingerprint density at radius 3 is 2.48 bits per heavy atom. The van der Waals surface area contributed by atoms with Crippen LogP contribution in [-0.4, -0.2) is 113 Å². The third-order valence-corrected chi connectivity index (χ3v) is 3.60. The highest BCUT2D eigenvalue weighted by atomic mass is 17.1. The van der Waals surface area contributed by atoms with Crippen LogP contribution in [0.25, 0.3) is 0 Å². The average molecular weight is 402 g/mol. The van der Waals surface area contributed by atoms with Crippen LogP contribution in [0.5, 0.6) is 0 Å². The summed E-state index contributed by atoms with van der Waals surface area (Å²) in [6.45, 7) is -0.863. The lowest BCUT2D eigenvalue weighted by Gasteiger charge is -2.19. The van der Waals surface area contributed by atoms with E-state index in [0.717, 1.165) is 0 Å². The van der Waals surface area contributed by atoms with Crippen LogP contribution in [0.1, 0.15) is 0 Å². The number of carbonyl (C=O) groups excluding carboxylic acids is 1. The van der Waals surface area contributed by atoms with E-state index < -0.39 is 54.1 Å². The molecule has 2 rings (SSSR count). The molecule has 0 bridgehead atoms. The topological polar surface area (TPSA) is 189 Å². The summed E-state index contributed by atoms with van der Waals surface area (Å²) in [5, 5.41) is 42.4. The van der Waals surface area contributed by atoms with E-state index in [1.54, 1.807) is 0 Å². The van der Waals surface area contributed by atoms with Crippen LogP contribution in [0.2, 0.25) is 0 Å². The molecule has 2 aliphatic heterocycles. The molecule has 0 aromatic rings. The van der Waals surface area contributed by atoms with Crippen molar-refractivity contribution in [2.75, 3.05) is 39.6 Å². The van der Waals surface area contributed by atoms with Crippen LogP contribution in [0.3, 0.4) is 0 Å². The second-order valence-corrected chi connectivity index (χ2v) is 5.52. The molecule has 2 saturated heterocycles. The Labute approximate surface area is 152 Å². The highest BCUT2D eigenvalue weighted by Gasteiger charge is 2.49. The van der Waals surface area contributed by atoms with Crippen LogP contribution >= 0.6 is 0 Å². The zero-order valence-corrected chi connectivity index (χ0v) is 14.0. The van der Waals surface area contributed by atoms with Gasteiger partial charge in [0, 0.05) is 0 Å². The zero-order valence-electron chi connectivity index (χ0n) is 14.0. The van der Waals surface area contributed by atoms with Crippen molar-refractivity contribution in [3.63, 3.8) is 0 Å². The number of nitrogens with zero attached hydrogens (tertiary/aromatic N) is 2. The van der Waals surface area contributed by atoms with E-state index in [-0.39, 0.29) is 33.0 Å². The van der Waals surface area contributed by atoms with E-state index in [1.165, 1.54) is 0 Å². The first kappa shape index (κ1) is 22.1. The Kier molecular flexibility index (Phi) is 8.96. The highest BCUT2D eigenvalue weighted by molar-refractivity contribution is 5.60. The lowest BCUT2D eigenvalue weighted by Crippen LogP contribution is -2.35. The molecule has 27 heavy (non-hydrogen) atoms. The molecule has 158 valence electrons. The van der Waals surface area contributed by atoms with Gasteiger partial charge in [0.2, 0.25) is 0 Å². The number of aliphatic hydroxyl groups excluding tert-OH is 1. The van der Waals surface area contributed by atoms with E-state index in [4.69, 9.17) is 44.5 Å². The predicted molar refractivity (Wildman–Crippen MR) is 74.2 cm³/mol. The number of aliphatic hydroxyl groups is 1. The first-order valence-corrected chi connectivity index (χ1v) is 7.84. The van der Waals surface area contributed by atoms with Crippen LogP contribution in [0.4, 0.5) is 4.79 Å². The van der Waals surface area contributed by atoms with Gasteiger partial charge in [0.1, 0.15) is 37.6 Å².